The molecular weight excluding hydrogens is 262 g/mol. The fraction of sp³-hybridized carbons (Fsp3) is 0.615. The van der Waals surface area contributed by atoms with Crippen LogP contribution in [0.15, 0.2) is 18.7 Å². The fourth-order valence-electron chi connectivity index (χ4n) is 2.28. The number of rotatable bonds is 2. The van der Waals surface area contributed by atoms with E-state index in [0.717, 1.165) is 0 Å². The van der Waals surface area contributed by atoms with Crippen molar-refractivity contribution in [3.05, 3.63) is 18.7 Å². The number of carbonyl (C=O) groups is 2. The van der Waals surface area contributed by atoms with Gasteiger partial charge in [0.1, 0.15) is 5.60 Å². The molecule has 0 aromatic carbocycles. The van der Waals surface area contributed by atoms with E-state index in [4.69, 9.17) is 4.74 Å². The second-order valence-electron chi connectivity index (χ2n) is 5.96. The molecule has 20 heavy (non-hydrogen) atoms. The summed E-state index contributed by atoms with van der Waals surface area (Å²) in [5, 5.41) is 9.54. The summed E-state index contributed by atoms with van der Waals surface area (Å²) in [7, 11) is 0. The molecule has 1 N–H and O–H groups in total. The van der Waals surface area contributed by atoms with Crippen molar-refractivity contribution in [1.82, 2.24) is 14.5 Å². The highest BCUT2D eigenvalue weighted by Crippen LogP contribution is 2.30. The Morgan fingerprint density at radius 2 is 2.10 bits per heavy atom. The lowest BCUT2D eigenvalue weighted by Crippen LogP contribution is -2.45. The Balaban J connectivity index is 2.17. The minimum atomic E-state index is -1.16. The largest absolute Gasteiger partial charge is 0.479 e. The molecule has 1 atom stereocenters. The number of carbonyl (C=O) groups excluding carboxylic acids is 1. The molecule has 1 aromatic rings. The van der Waals surface area contributed by atoms with E-state index in [0.29, 0.717) is 13.0 Å². The Morgan fingerprint density at radius 1 is 1.40 bits per heavy atom. The standard InChI is InChI=1S/C13H19N3O4/c1-12(2,3)20-11(19)15-6-4-13(8-15,10(17)18)16-7-5-14-9-16/h5,7,9H,4,6,8H2,1-3H3,(H,17,18). The molecule has 0 saturated carbocycles. The van der Waals surface area contributed by atoms with Crippen molar-refractivity contribution in [2.75, 3.05) is 13.1 Å². The average Bonchev–Trinajstić information content (AvgIpc) is 2.97. The van der Waals surface area contributed by atoms with Crippen LogP contribution in [0.5, 0.6) is 0 Å². The molecule has 7 nitrogen and oxygen atoms in total. The summed E-state index contributed by atoms with van der Waals surface area (Å²) in [6.45, 7) is 5.76. The van der Waals surface area contributed by atoms with Crippen molar-refractivity contribution >= 4 is 12.1 Å². The quantitative estimate of drug-likeness (QED) is 0.883. The summed E-state index contributed by atoms with van der Waals surface area (Å²) in [5.41, 5.74) is -1.76. The Labute approximate surface area is 117 Å². The maximum atomic E-state index is 12.0. The van der Waals surface area contributed by atoms with Crippen LogP contribution in [-0.4, -0.2) is 50.3 Å². The van der Waals surface area contributed by atoms with Crippen LogP contribution in [0.4, 0.5) is 4.79 Å². The Morgan fingerprint density at radius 3 is 2.60 bits per heavy atom. The zero-order valence-corrected chi connectivity index (χ0v) is 11.9. The number of hydrogen-bond acceptors (Lipinski definition) is 4. The Hall–Kier alpha value is -2.05. The highest BCUT2D eigenvalue weighted by atomic mass is 16.6. The SMILES string of the molecule is CC(C)(C)OC(=O)N1CCC(C(=O)O)(n2ccnc2)C1. The molecule has 1 aliphatic rings. The van der Waals surface area contributed by atoms with Crippen LogP contribution in [0.25, 0.3) is 0 Å². The van der Waals surface area contributed by atoms with Gasteiger partial charge < -0.3 is 19.3 Å². The number of aromatic nitrogens is 2. The van der Waals surface area contributed by atoms with Crippen LogP contribution in [0.1, 0.15) is 27.2 Å². The van der Waals surface area contributed by atoms with Crippen LogP contribution >= 0.6 is 0 Å². The van der Waals surface area contributed by atoms with Gasteiger partial charge in [-0.25, -0.2) is 14.6 Å². The third-order valence-electron chi connectivity index (χ3n) is 3.30. The van der Waals surface area contributed by atoms with E-state index in [1.165, 1.54) is 17.4 Å². The number of ether oxygens (including phenoxy) is 1. The lowest BCUT2D eigenvalue weighted by atomic mass is 9.99. The number of likely N-dealkylation sites (tertiary alicyclic amines) is 1. The van der Waals surface area contributed by atoms with E-state index in [2.05, 4.69) is 4.98 Å². The summed E-state index contributed by atoms with van der Waals surface area (Å²) >= 11 is 0. The van der Waals surface area contributed by atoms with Gasteiger partial charge in [-0.15, -0.1) is 0 Å². The van der Waals surface area contributed by atoms with Gasteiger partial charge in [0.05, 0.1) is 12.9 Å². The molecule has 0 aliphatic carbocycles. The molecule has 0 bridgehead atoms. The van der Waals surface area contributed by atoms with Crippen molar-refractivity contribution in [2.45, 2.75) is 38.3 Å². The number of imidazole rings is 1. The van der Waals surface area contributed by atoms with Crippen LogP contribution in [0.3, 0.4) is 0 Å². The molecule has 1 aliphatic heterocycles. The maximum absolute atomic E-state index is 12.0. The lowest BCUT2D eigenvalue weighted by molar-refractivity contribution is -0.146. The maximum Gasteiger partial charge on any atom is 0.410 e. The van der Waals surface area contributed by atoms with Gasteiger partial charge in [0.2, 0.25) is 0 Å². The molecule has 1 fully saturated rings. The van der Waals surface area contributed by atoms with Gasteiger partial charge >= 0.3 is 12.1 Å². The van der Waals surface area contributed by atoms with E-state index in [-0.39, 0.29) is 6.54 Å². The van der Waals surface area contributed by atoms with Crippen LogP contribution in [-0.2, 0) is 15.1 Å². The van der Waals surface area contributed by atoms with Gasteiger partial charge in [0, 0.05) is 25.4 Å². The minimum absolute atomic E-state index is 0.0770. The van der Waals surface area contributed by atoms with E-state index in [1.54, 1.807) is 31.5 Å². The highest BCUT2D eigenvalue weighted by Gasteiger charge is 2.48. The van der Waals surface area contributed by atoms with Crippen LogP contribution in [0.2, 0.25) is 0 Å². The molecule has 1 saturated heterocycles. The molecule has 1 unspecified atom stereocenters. The number of hydrogen-bond donors (Lipinski definition) is 1. The molecule has 1 amide bonds. The van der Waals surface area contributed by atoms with Gasteiger partial charge in [0.25, 0.3) is 0 Å². The Bertz CT molecular complexity index is 506. The van der Waals surface area contributed by atoms with Gasteiger partial charge in [-0.1, -0.05) is 0 Å². The van der Waals surface area contributed by atoms with E-state index >= 15 is 0 Å². The number of carboxylic acids is 1. The van der Waals surface area contributed by atoms with Crippen molar-refractivity contribution in [2.24, 2.45) is 0 Å². The minimum Gasteiger partial charge on any atom is -0.479 e. The highest BCUT2D eigenvalue weighted by molar-refractivity contribution is 5.79. The summed E-state index contributed by atoms with van der Waals surface area (Å²) in [5.74, 6) is -0.971. The first-order valence-electron chi connectivity index (χ1n) is 6.44. The fourth-order valence-corrected chi connectivity index (χ4v) is 2.28. The monoisotopic (exact) mass is 281 g/mol. The molecule has 7 heteroatoms. The molecule has 1 aromatic heterocycles. The third kappa shape index (κ3) is 2.61. The predicted molar refractivity (Wildman–Crippen MR) is 70.3 cm³/mol. The lowest BCUT2D eigenvalue weighted by Gasteiger charge is -2.27. The van der Waals surface area contributed by atoms with Gasteiger partial charge in [-0.05, 0) is 20.8 Å². The molecule has 2 heterocycles. The number of aliphatic carboxylic acids is 1. The molecule has 2 rings (SSSR count). The van der Waals surface area contributed by atoms with E-state index in [1.807, 2.05) is 0 Å². The second kappa shape index (κ2) is 4.81. The first-order chi connectivity index (χ1) is 9.24. The smallest absolute Gasteiger partial charge is 0.410 e. The summed E-state index contributed by atoms with van der Waals surface area (Å²) in [6, 6.07) is 0. The predicted octanol–water partition coefficient (Wildman–Crippen LogP) is 1.30. The van der Waals surface area contributed by atoms with Crippen molar-refractivity contribution in [1.29, 1.82) is 0 Å². The average molecular weight is 281 g/mol. The Kier molecular flexibility index (Phi) is 3.45. The molecule has 0 spiro atoms. The van der Waals surface area contributed by atoms with Gasteiger partial charge in [-0.3, -0.25) is 0 Å². The van der Waals surface area contributed by atoms with Crippen LogP contribution in [0, 0.1) is 0 Å². The zero-order chi connectivity index (χ0) is 15.0. The summed E-state index contributed by atoms with van der Waals surface area (Å²) in [4.78, 5) is 29.0. The van der Waals surface area contributed by atoms with Crippen molar-refractivity contribution in [3.63, 3.8) is 0 Å². The topological polar surface area (TPSA) is 84.7 Å². The first-order valence-corrected chi connectivity index (χ1v) is 6.44. The normalized spacial score (nSPS) is 22.9. The van der Waals surface area contributed by atoms with Crippen LogP contribution < -0.4 is 0 Å². The molecule has 110 valence electrons. The molecular formula is C13H19N3O4. The number of amides is 1. The molecule has 0 radical (unpaired) electrons. The van der Waals surface area contributed by atoms with Gasteiger partial charge in [-0.2, -0.15) is 0 Å². The number of nitrogens with zero attached hydrogens (tertiary/aromatic N) is 3. The second-order valence-corrected chi connectivity index (χ2v) is 5.96. The summed E-state index contributed by atoms with van der Waals surface area (Å²) < 4.78 is 6.82. The first kappa shape index (κ1) is 14.4. The van der Waals surface area contributed by atoms with Gasteiger partial charge in [0.15, 0.2) is 5.54 Å². The third-order valence-corrected chi connectivity index (χ3v) is 3.30. The van der Waals surface area contributed by atoms with Crippen molar-refractivity contribution in [3.8, 4) is 0 Å². The summed E-state index contributed by atoms with van der Waals surface area (Å²) in [6.07, 6.45) is 4.44. The zero-order valence-electron chi connectivity index (χ0n) is 11.9. The van der Waals surface area contributed by atoms with E-state index < -0.39 is 23.2 Å². The van der Waals surface area contributed by atoms with E-state index in [9.17, 15) is 14.7 Å². The number of carboxylic acid groups (broad SMARTS) is 1. The van der Waals surface area contributed by atoms with Crippen molar-refractivity contribution < 1.29 is 19.4 Å².